The summed E-state index contributed by atoms with van der Waals surface area (Å²) in [7, 11) is 0. The molecule has 0 saturated heterocycles. The van der Waals surface area contributed by atoms with Gasteiger partial charge in [0.1, 0.15) is 0 Å². The van der Waals surface area contributed by atoms with Gasteiger partial charge >= 0.3 is 6.03 Å². The van der Waals surface area contributed by atoms with Crippen molar-refractivity contribution >= 4 is 17.4 Å². The quantitative estimate of drug-likeness (QED) is 0.737. The Labute approximate surface area is 112 Å². The molecule has 4 N–H and O–H groups in total. The highest BCUT2D eigenvalue weighted by molar-refractivity contribution is 5.89. The average molecular weight is 255 g/mol. The van der Waals surface area contributed by atoms with Crippen molar-refractivity contribution in [3.05, 3.63) is 60.2 Å². The lowest BCUT2D eigenvalue weighted by Crippen LogP contribution is -2.31. The fraction of sp³-hybridized carbons (Fsp3) is 0.133. The molecule has 2 aromatic rings. The van der Waals surface area contributed by atoms with E-state index in [2.05, 4.69) is 10.6 Å². The highest BCUT2D eigenvalue weighted by Crippen LogP contribution is 2.19. The summed E-state index contributed by atoms with van der Waals surface area (Å²) >= 11 is 0. The van der Waals surface area contributed by atoms with Gasteiger partial charge in [-0.2, -0.15) is 0 Å². The van der Waals surface area contributed by atoms with Crippen molar-refractivity contribution in [1.29, 1.82) is 0 Å². The summed E-state index contributed by atoms with van der Waals surface area (Å²) < 4.78 is 0. The zero-order chi connectivity index (χ0) is 13.7. The molecule has 0 fully saturated rings. The van der Waals surface area contributed by atoms with Crippen molar-refractivity contribution in [2.24, 2.45) is 0 Å². The maximum atomic E-state index is 11.8. The van der Waals surface area contributed by atoms with E-state index >= 15 is 0 Å². The first-order chi connectivity index (χ1) is 9.16. The second-order valence-electron chi connectivity index (χ2n) is 4.32. The smallest absolute Gasteiger partial charge is 0.319 e. The number of carbonyl (C=O) groups excluding carboxylic acids is 1. The minimum absolute atomic E-state index is 0.148. The van der Waals surface area contributed by atoms with Crippen LogP contribution >= 0.6 is 0 Å². The Morgan fingerprint density at radius 1 is 1.05 bits per heavy atom. The second kappa shape index (κ2) is 5.91. The highest BCUT2D eigenvalue weighted by Gasteiger charge is 2.11. The number of rotatable bonds is 3. The van der Waals surface area contributed by atoms with Crippen LogP contribution in [-0.4, -0.2) is 6.03 Å². The van der Waals surface area contributed by atoms with Crippen LogP contribution < -0.4 is 16.4 Å². The van der Waals surface area contributed by atoms with Gasteiger partial charge in [-0.1, -0.05) is 36.4 Å². The highest BCUT2D eigenvalue weighted by atomic mass is 16.2. The Hall–Kier alpha value is -2.49. The first kappa shape index (κ1) is 13.0. The van der Waals surface area contributed by atoms with Gasteiger partial charge in [-0.05, 0) is 30.7 Å². The molecule has 19 heavy (non-hydrogen) atoms. The van der Waals surface area contributed by atoms with E-state index in [9.17, 15) is 4.79 Å². The van der Waals surface area contributed by atoms with Gasteiger partial charge in [0.15, 0.2) is 0 Å². The Kier molecular flexibility index (Phi) is 4.03. The van der Waals surface area contributed by atoms with Crippen LogP contribution in [-0.2, 0) is 0 Å². The number of hydrogen-bond donors (Lipinski definition) is 3. The summed E-state index contributed by atoms with van der Waals surface area (Å²) in [6.45, 7) is 1.90. The van der Waals surface area contributed by atoms with Crippen LogP contribution in [0.25, 0.3) is 0 Å². The van der Waals surface area contributed by atoms with E-state index in [0.717, 1.165) is 11.3 Å². The first-order valence-corrected chi connectivity index (χ1v) is 6.14. The molecular weight excluding hydrogens is 238 g/mol. The molecule has 0 spiro atoms. The summed E-state index contributed by atoms with van der Waals surface area (Å²) in [5.74, 6) is 0. The van der Waals surface area contributed by atoms with E-state index < -0.39 is 0 Å². The van der Waals surface area contributed by atoms with Gasteiger partial charge in [-0.3, -0.25) is 0 Å². The third-order valence-electron chi connectivity index (χ3n) is 2.84. The zero-order valence-electron chi connectivity index (χ0n) is 10.8. The maximum Gasteiger partial charge on any atom is 0.319 e. The number of nitrogens with two attached hydrogens (primary N) is 1. The van der Waals surface area contributed by atoms with Crippen molar-refractivity contribution in [3.63, 3.8) is 0 Å². The Balaban J connectivity index is 1.98. The number of hydrogen-bond acceptors (Lipinski definition) is 2. The third kappa shape index (κ3) is 3.48. The first-order valence-electron chi connectivity index (χ1n) is 6.14. The fourth-order valence-corrected chi connectivity index (χ4v) is 1.87. The van der Waals surface area contributed by atoms with Crippen molar-refractivity contribution < 1.29 is 4.79 Å². The van der Waals surface area contributed by atoms with E-state index in [1.54, 1.807) is 0 Å². The predicted molar refractivity (Wildman–Crippen MR) is 77.9 cm³/mol. The maximum absolute atomic E-state index is 11.8. The molecule has 0 heterocycles. The Bertz CT molecular complexity index is 554. The number of amides is 2. The van der Waals surface area contributed by atoms with Gasteiger partial charge in [0.2, 0.25) is 0 Å². The Morgan fingerprint density at radius 3 is 2.37 bits per heavy atom. The van der Waals surface area contributed by atoms with Crippen molar-refractivity contribution in [1.82, 2.24) is 5.32 Å². The summed E-state index contributed by atoms with van der Waals surface area (Å²) in [6, 6.07) is 16.4. The van der Waals surface area contributed by atoms with E-state index in [4.69, 9.17) is 5.73 Å². The molecule has 2 rings (SSSR count). The van der Waals surface area contributed by atoms with Crippen molar-refractivity contribution in [3.8, 4) is 0 Å². The van der Waals surface area contributed by atoms with Gasteiger partial charge in [0, 0.05) is 11.4 Å². The molecule has 98 valence electrons. The average Bonchev–Trinajstić information content (AvgIpc) is 2.40. The summed E-state index contributed by atoms with van der Waals surface area (Å²) in [6.07, 6.45) is 0. The van der Waals surface area contributed by atoms with Gasteiger partial charge in [-0.25, -0.2) is 4.79 Å². The Morgan fingerprint density at radius 2 is 1.68 bits per heavy atom. The van der Waals surface area contributed by atoms with Crippen LogP contribution in [0.5, 0.6) is 0 Å². The molecule has 0 aliphatic rings. The largest absolute Gasteiger partial charge is 0.398 e. The second-order valence-corrected chi connectivity index (χ2v) is 4.32. The van der Waals surface area contributed by atoms with E-state index in [1.165, 1.54) is 0 Å². The molecule has 0 aliphatic carbocycles. The van der Waals surface area contributed by atoms with Gasteiger partial charge in [-0.15, -0.1) is 0 Å². The van der Waals surface area contributed by atoms with Gasteiger partial charge < -0.3 is 16.4 Å². The SMILES string of the molecule is CC(NC(=O)Nc1ccccc1)c1ccccc1N. The van der Waals surface area contributed by atoms with E-state index in [0.29, 0.717) is 5.69 Å². The normalized spacial score (nSPS) is 11.6. The minimum Gasteiger partial charge on any atom is -0.398 e. The van der Waals surface area contributed by atoms with Crippen molar-refractivity contribution in [2.45, 2.75) is 13.0 Å². The third-order valence-corrected chi connectivity index (χ3v) is 2.84. The summed E-state index contributed by atoms with van der Waals surface area (Å²) in [5.41, 5.74) is 8.22. The number of urea groups is 1. The topological polar surface area (TPSA) is 67.2 Å². The molecule has 2 amide bonds. The number of carbonyl (C=O) groups is 1. The lowest BCUT2D eigenvalue weighted by atomic mass is 10.1. The standard InChI is InChI=1S/C15H17N3O/c1-11(13-9-5-6-10-14(13)16)17-15(19)18-12-7-3-2-4-8-12/h2-11H,16H2,1H3,(H2,17,18,19). The molecule has 0 aromatic heterocycles. The van der Waals surface area contributed by atoms with E-state index in [-0.39, 0.29) is 12.1 Å². The molecular formula is C15H17N3O. The van der Waals surface area contributed by atoms with Crippen molar-refractivity contribution in [2.75, 3.05) is 11.1 Å². The van der Waals surface area contributed by atoms with Crippen LogP contribution in [0.3, 0.4) is 0 Å². The molecule has 0 aliphatic heterocycles. The number of nitrogen functional groups attached to an aromatic ring is 1. The van der Waals surface area contributed by atoms with Crippen LogP contribution in [0.1, 0.15) is 18.5 Å². The molecule has 4 nitrogen and oxygen atoms in total. The number of benzene rings is 2. The summed E-state index contributed by atoms with van der Waals surface area (Å²) in [4.78, 5) is 11.8. The zero-order valence-corrected chi connectivity index (χ0v) is 10.8. The lowest BCUT2D eigenvalue weighted by Gasteiger charge is -2.16. The molecule has 0 radical (unpaired) electrons. The molecule has 4 heteroatoms. The molecule has 1 unspecified atom stereocenters. The van der Waals surface area contributed by atoms with Crippen LogP contribution in [0.4, 0.5) is 16.2 Å². The van der Waals surface area contributed by atoms with Crippen LogP contribution in [0, 0.1) is 0 Å². The number of para-hydroxylation sites is 2. The van der Waals surface area contributed by atoms with Gasteiger partial charge in [0.05, 0.1) is 6.04 Å². The van der Waals surface area contributed by atoms with Crippen LogP contribution in [0.2, 0.25) is 0 Å². The number of nitrogens with one attached hydrogen (secondary N) is 2. The lowest BCUT2D eigenvalue weighted by molar-refractivity contribution is 0.249. The number of anilines is 2. The fourth-order valence-electron chi connectivity index (χ4n) is 1.87. The van der Waals surface area contributed by atoms with Crippen LogP contribution in [0.15, 0.2) is 54.6 Å². The summed E-state index contributed by atoms with van der Waals surface area (Å²) in [5, 5.41) is 5.63. The van der Waals surface area contributed by atoms with E-state index in [1.807, 2.05) is 61.5 Å². The minimum atomic E-state index is -0.248. The molecule has 0 saturated carbocycles. The molecule has 0 bridgehead atoms. The van der Waals surface area contributed by atoms with Gasteiger partial charge in [0.25, 0.3) is 0 Å². The molecule has 2 aromatic carbocycles. The monoisotopic (exact) mass is 255 g/mol. The molecule has 1 atom stereocenters. The predicted octanol–water partition coefficient (Wildman–Crippen LogP) is 3.15.